The molecule has 4 rings (SSSR count). The van der Waals surface area contributed by atoms with E-state index in [1.807, 2.05) is 37.1 Å². The number of amides is 1. The lowest BCUT2D eigenvalue weighted by Crippen LogP contribution is -2.37. The zero-order valence-corrected chi connectivity index (χ0v) is 15.1. The highest BCUT2D eigenvalue weighted by Crippen LogP contribution is 2.23. The first-order valence-electron chi connectivity index (χ1n) is 8.93. The summed E-state index contributed by atoms with van der Waals surface area (Å²) in [5.41, 5.74) is 2.80. The van der Waals surface area contributed by atoms with Gasteiger partial charge in [0.05, 0.1) is 11.1 Å². The van der Waals surface area contributed by atoms with Gasteiger partial charge in [0.1, 0.15) is 24.3 Å². The van der Waals surface area contributed by atoms with Gasteiger partial charge in [0.2, 0.25) is 5.91 Å². The van der Waals surface area contributed by atoms with Crippen LogP contribution in [0.1, 0.15) is 17.8 Å². The van der Waals surface area contributed by atoms with Gasteiger partial charge in [-0.1, -0.05) is 0 Å². The molecule has 1 amide bonds. The summed E-state index contributed by atoms with van der Waals surface area (Å²) >= 11 is 0. The molecule has 8 nitrogen and oxygen atoms in total. The molecule has 0 aromatic carbocycles. The second-order valence-corrected chi connectivity index (χ2v) is 6.74. The van der Waals surface area contributed by atoms with Crippen molar-refractivity contribution < 1.29 is 4.79 Å². The lowest BCUT2D eigenvalue weighted by molar-refractivity contribution is -0.131. The fourth-order valence-electron chi connectivity index (χ4n) is 3.55. The van der Waals surface area contributed by atoms with Crippen LogP contribution in [0.25, 0.3) is 11.0 Å². The van der Waals surface area contributed by atoms with E-state index in [1.165, 1.54) is 0 Å². The Hall–Kier alpha value is -2.90. The zero-order chi connectivity index (χ0) is 18.1. The van der Waals surface area contributed by atoms with Crippen LogP contribution in [0, 0.1) is 13.8 Å². The smallest absolute Gasteiger partial charge is 0.244 e. The molecule has 26 heavy (non-hydrogen) atoms. The second-order valence-electron chi connectivity index (χ2n) is 6.74. The molecule has 0 bridgehead atoms. The van der Waals surface area contributed by atoms with E-state index in [2.05, 4.69) is 25.0 Å². The predicted octanol–water partition coefficient (Wildman–Crippen LogP) is 1.51. The quantitative estimate of drug-likeness (QED) is 0.772. The van der Waals surface area contributed by atoms with Gasteiger partial charge in [0.25, 0.3) is 0 Å². The van der Waals surface area contributed by atoms with Crippen molar-refractivity contribution in [3.05, 3.63) is 36.0 Å². The minimum Gasteiger partial charge on any atom is -0.354 e. The van der Waals surface area contributed by atoms with Crippen LogP contribution in [0.5, 0.6) is 0 Å². The first-order valence-corrected chi connectivity index (χ1v) is 8.93. The van der Waals surface area contributed by atoms with Crippen molar-refractivity contribution in [3.8, 4) is 0 Å². The highest BCUT2D eigenvalue weighted by atomic mass is 16.2. The number of carbonyl (C=O) groups excluding carboxylic acids is 1. The van der Waals surface area contributed by atoms with Gasteiger partial charge in [0.15, 0.2) is 0 Å². The monoisotopic (exact) mass is 353 g/mol. The maximum atomic E-state index is 12.7. The van der Waals surface area contributed by atoms with Crippen molar-refractivity contribution in [2.24, 2.45) is 0 Å². The molecule has 0 unspecified atom stereocenters. The number of aryl methyl sites for hydroxylation is 2. The second kappa shape index (κ2) is 6.78. The topological polar surface area (TPSA) is 82.9 Å². The molecular weight excluding hydrogens is 330 g/mol. The van der Waals surface area contributed by atoms with Crippen LogP contribution in [0.4, 0.5) is 5.82 Å². The molecule has 0 spiro atoms. The van der Waals surface area contributed by atoms with E-state index in [-0.39, 0.29) is 5.91 Å². The lowest BCUT2D eigenvalue weighted by atomic mass is 10.3. The predicted molar refractivity (Wildman–Crippen MR) is 99.0 cm³/mol. The van der Waals surface area contributed by atoms with E-state index in [4.69, 9.17) is 0 Å². The van der Waals surface area contributed by atoms with Crippen molar-refractivity contribution in [1.29, 1.82) is 0 Å². The third-order valence-corrected chi connectivity index (χ3v) is 4.87. The molecule has 0 radical (unpaired) electrons. The number of fused-ring (bicyclic) bond motifs is 1. The van der Waals surface area contributed by atoms with Crippen molar-refractivity contribution in [2.45, 2.75) is 26.8 Å². The number of H-pyrrole nitrogens is 1. The molecule has 1 aliphatic heterocycles. The number of aromatic amines is 1. The number of hydrogen-bond donors (Lipinski definition) is 1. The summed E-state index contributed by atoms with van der Waals surface area (Å²) in [5, 5.41) is 5.42. The molecule has 1 N–H and O–H groups in total. The minimum absolute atomic E-state index is 0.118. The molecule has 4 heterocycles. The molecule has 1 aliphatic rings. The Morgan fingerprint density at radius 2 is 2.08 bits per heavy atom. The normalized spacial score (nSPS) is 15.5. The Morgan fingerprint density at radius 3 is 2.88 bits per heavy atom. The van der Waals surface area contributed by atoms with Gasteiger partial charge in [-0.2, -0.15) is 5.10 Å². The third kappa shape index (κ3) is 3.14. The van der Waals surface area contributed by atoms with Crippen molar-refractivity contribution in [3.63, 3.8) is 0 Å². The Kier molecular flexibility index (Phi) is 4.32. The Balaban J connectivity index is 1.45. The third-order valence-electron chi connectivity index (χ3n) is 4.87. The van der Waals surface area contributed by atoms with Crippen LogP contribution in [-0.2, 0) is 11.3 Å². The van der Waals surface area contributed by atoms with E-state index in [9.17, 15) is 4.79 Å². The highest BCUT2D eigenvalue weighted by molar-refractivity contribution is 5.87. The van der Waals surface area contributed by atoms with Gasteiger partial charge in [-0.05, 0) is 32.4 Å². The first-order chi connectivity index (χ1) is 12.6. The molecule has 136 valence electrons. The highest BCUT2D eigenvalue weighted by Gasteiger charge is 2.22. The van der Waals surface area contributed by atoms with Gasteiger partial charge in [-0.25, -0.2) is 9.97 Å². The van der Waals surface area contributed by atoms with E-state index in [0.717, 1.165) is 54.3 Å². The van der Waals surface area contributed by atoms with Crippen LogP contribution >= 0.6 is 0 Å². The standard InChI is InChI=1S/C18H23N7O/c1-13-10-14(2)25(22-13)11-16(26)23-6-3-7-24(9-8-23)18-15-4-5-19-17(15)20-12-21-18/h4-5,10,12H,3,6-9,11H2,1-2H3,(H,19,20,21). The molecule has 3 aromatic heterocycles. The number of nitrogens with zero attached hydrogens (tertiary/aromatic N) is 6. The van der Waals surface area contributed by atoms with E-state index < -0.39 is 0 Å². The van der Waals surface area contributed by atoms with Crippen LogP contribution in [-0.4, -0.2) is 61.7 Å². The van der Waals surface area contributed by atoms with Gasteiger partial charge in [0, 0.05) is 38.1 Å². The van der Waals surface area contributed by atoms with Gasteiger partial charge in [-0.3, -0.25) is 9.48 Å². The number of aromatic nitrogens is 5. The maximum Gasteiger partial charge on any atom is 0.244 e. The number of rotatable bonds is 3. The summed E-state index contributed by atoms with van der Waals surface area (Å²) in [6.45, 7) is 7.32. The fraction of sp³-hybridized carbons (Fsp3) is 0.444. The molecule has 3 aromatic rings. The summed E-state index contributed by atoms with van der Waals surface area (Å²) < 4.78 is 1.79. The number of anilines is 1. The molecule has 1 fully saturated rings. The SMILES string of the molecule is Cc1cc(C)n(CC(=O)N2CCCN(c3ncnc4[nH]ccc34)CC2)n1. The van der Waals surface area contributed by atoms with Gasteiger partial charge >= 0.3 is 0 Å². The minimum atomic E-state index is 0.118. The molecule has 1 saturated heterocycles. The fourth-order valence-corrected chi connectivity index (χ4v) is 3.55. The zero-order valence-electron chi connectivity index (χ0n) is 15.1. The van der Waals surface area contributed by atoms with Crippen LogP contribution in [0.2, 0.25) is 0 Å². The largest absolute Gasteiger partial charge is 0.354 e. The Morgan fingerprint density at radius 1 is 1.19 bits per heavy atom. The number of hydrogen-bond acceptors (Lipinski definition) is 5. The average molecular weight is 353 g/mol. The van der Waals surface area contributed by atoms with Crippen LogP contribution < -0.4 is 4.90 Å². The van der Waals surface area contributed by atoms with Gasteiger partial charge in [-0.15, -0.1) is 0 Å². The van der Waals surface area contributed by atoms with Crippen molar-refractivity contribution in [2.75, 3.05) is 31.1 Å². The summed E-state index contributed by atoms with van der Waals surface area (Å²) in [7, 11) is 0. The van der Waals surface area contributed by atoms with E-state index in [0.29, 0.717) is 13.1 Å². The van der Waals surface area contributed by atoms with E-state index in [1.54, 1.807) is 11.0 Å². The average Bonchev–Trinajstić information content (AvgIpc) is 3.12. The lowest BCUT2D eigenvalue weighted by Gasteiger charge is -2.23. The van der Waals surface area contributed by atoms with Gasteiger partial charge < -0.3 is 14.8 Å². The van der Waals surface area contributed by atoms with E-state index >= 15 is 0 Å². The summed E-state index contributed by atoms with van der Waals surface area (Å²) in [6, 6.07) is 4.00. The molecule has 0 aliphatic carbocycles. The number of nitrogens with one attached hydrogen (secondary N) is 1. The molecular formula is C18H23N7O. The Bertz CT molecular complexity index is 929. The summed E-state index contributed by atoms with van der Waals surface area (Å²) in [4.78, 5) is 28.7. The number of carbonyl (C=O) groups is 1. The molecule has 0 saturated carbocycles. The van der Waals surface area contributed by atoms with Crippen molar-refractivity contribution >= 4 is 22.8 Å². The maximum absolute atomic E-state index is 12.7. The summed E-state index contributed by atoms with van der Waals surface area (Å²) in [6.07, 6.45) is 4.38. The van der Waals surface area contributed by atoms with Crippen LogP contribution in [0.15, 0.2) is 24.7 Å². The molecule has 0 atom stereocenters. The summed E-state index contributed by atoms with van der Waals surface area (Å²) in [5.74, 6) is 1.05. The first kappa shape index (κ1) is 16.6. The Labute approximate surface area is 151 Å². The van der Waals surface area contributed by atoms with Crippen molar-refractivity contribution in [1.82, 2.24) is 29.6 Å². The molecule has 8 heteroatoms. The van der Waals surface area contributed by atoms with Crippen LogP contribution in [0.3, 0.4) is 0 Å².